The highest BCUT2D eigenvalue weighted by Gasteiger charge is 2.31. The van der Waals surface area contributed by atoms with E-state index in [0.717, 1.165) is 0 Å². The third-order valence-corrected chi connectivity index (χ3v) is 0.922. The molecule has 0 aromatic heterocycles. The van der Waals surface area contributed by atoms with Gasteiger partial charge in [0.2, 0.25) is 0 Å². The second kappa shape index (κ2) is 3.32. The van der Waals surface area contributed by atoms with E-state index in [0.29, 0.717) is 0 Å². The molecule has 0 fully saturated rings. The Morgan fingerprint density at radius 2 is 1.80 bits per heavy atom. The lowest BCUT2D eigenvalue weighted by Gasteiger charge is -2.03. The highest BCUT2D eigenvalue weighted by Crippen LogP contribution is 2.32. The van der Waals surface area contributed by atoms with E-state index in [1.807, 2.05) is 0 Å². The summed E-state index contributed by atoms with van der Waals surface area (Å²) in [6.07, 6.45) is -3.67. The van der Waals surface area contributed by atoms with E-state index in [1.54, 1.807) is 15.9 Å². The van der Waals surface area contributed by atoms with Crippen molar-refractivity contribution in [3.05, 3.63) is 11.9 Å². The summed E-state index contributed by atoms with van der Waals surface area (Å²) in [6, 6.07) is 0. The van der Waals surface area contributed by atoms with Crippen LogP contribution in [-0.4, -0.2) is 11.3 Å². The summed E-state index contributed by atoms with van der Waals surface area (Å²) in [5.41, 5.74) is 0. The Labute approximate surface area is 61.8 Å². The minimum absolute atomic E-state index is 0.464. The summed E-state index contributed by atoms with van der Waals surface area (Å²) >= 11 is 1.56. The van der Waals surface area contributed by atoms with Crippen LogP contribution in [0.4, 0.5) is 22.0 Å². The molecule has 0 radical (unpaired) electrons. The van der Waals surface area contributed by atoms with Gasteiger partial charge in [0.1, 0.15) is 0 Å². The van der Waals surface area contributed by atoms with Crippen LogP contribution >= 0.6 is 15.9 Å². The SMILES string of the molecule is F/C(=C\C(F)F)C(F)(F)Br. The van der Waals surface area contributed by atoms with Crippen molar-refractivity contribution < 1.29 is 22.0 Å². The van der Waals surface area contributed by atoms with Crippen molar-refractivity contribution >= 4 is 15.9 Å². The molecule has 0 atom stereocenters. The minimum atomic E-state index is -3.98. The average molecular weight is 225 g/mol. The van der Waals surface area contributed by atoms with Crippen molar-refractivity contribution in [1.29, 1.82) is 0 Å². The zero-order valence-corrected chi connectivity index (χ0v) is 6.01. The molecule has 0 aliphatic heterocycles. The van der Waals surface area contributed by atoms with E-state index < -0.39 is 23.2 Å². The van der Waals surface area contributed by atoms with Crippen molar-refractivity contribution in [3.8, 4) is 0 Å². The van der Waals surface area contributed by atoms with Crippen LogP contribution < -0.4 is 0 Å². The van der Waals surface area contributed by atoms with Gasteiger partial charge in [-0.25, -0.2) is 13.2 Å². The van der Waals surface area contributed by atoms with Crippen LogP contribution in [0.1, 0.15) is 0 Å². The maximum Gasteiger partial charge on any atom is 0.352 e. The second-order valence-corrected chi connectivity index (χ2v) is 2.34. The third-order valence-electron chi connectivity index (χ3n) is 0.543. The van der Waals surface area contributed by atoms with E-state index in [1.165, 1.54) is 0 Å². The molecule has 0 rings (SSSR count). The van der Waals surface area contributed by atoms with Gasteiger partial charge in [-0.2, -0.15) is 8.78 Å². The number of allylic oxidation sites excluding steroid dienone is 2. The number of rotatable bonds is 2. The molecular weight excluding hydrogens is 223 g/mol. The largest absolute Gasteiger partial charge is 0.352 e. The van der Waals surface area contributed by atoms with E-state index in [4.69, 9.17) is 0 Å². The monoisotopic (exact) mass is 224 g/mol. The van der Waals surface area contributed by atoms with Gasteiger partial charge in [0.15, 0.2) is 5.83 Å². The Morgan fingerprint density at radius 3 is 1.90 bits per heavy atom. The van der Waals surface area contributed by atoms with Crippen LogP contribution in [-0.2, 0) is 0 Å². The van der Waals surface area contributed by atoms with Crippen LogP contribution in [0.25, 0.3) is 0 Å². The van der Waals surface area contributed by atoms with Gasteiger partial charge in [-0.1, -0.05) is 0 Å². The van der Waals surface area contributed by atoms with Crippen molar-refractivity contribution in [1.82, 2.24) is 0 Å². The lowest BCUT2D eigenvalue weighted by molar-refractivity contribution is 0.119. The molecule has 0 spiro atoms. The molecule has 0 aromatic rings. The van der Waals surface area contributed by atoms with Crippen molar-refractivity contribution in [3.63, 3.8) is 0 Å². The molecule has 60 valence electrons. The van der Waals surface area contributed by atoms with E-state index in [9.17, 15) is 22.0 Å². The highest BCUT2D eigenvalue weighted by molar-refractivity contribution is 9.10. The molecule has 0 aliphatic rings. The van der Waals surface area contributed by atoms with Gasteiger partial charge in [-0.15, -0.1) is 0 Å². The fourth-order valence-corrected chi connectivity index (χ4v) is 0.337. The Balaban J connectivity index is 4.20. The molecule has 0 aromatic carbocycles. The summed E-state index contributed by atoms with van der Waals surface area (Å²) < 4.78 is 57.3. The number of halogens is 6. The van der Waals surface area contributed by atoms with E-state index >= 15 is 0 Å². The van der Waals surface area contributed by atoms with Gasteiger partial charge in [0, 0.05) is 6.08 Å². The van der Waals surface area contributed by atoms with Crippen molar-refractivity contribution in [2.75, 3.05) is 0 Å². The molecule has 0 saturated heterocycles. The van der Waals surface area contributed by atoms with Gasteiger partial charge in [-0.3, -0.25) is 0 Å². The smallest absolute Gasteiger partial charge is 0.206 e. The summed E-state index contributed by atoms with van der Waals surface area (Å²) in [5, 5.41) is 0. The van der Waals surface area contributed by atoms with Gasteiger partial charge in [0.25, 0.3) is 6.43 Å². The van der Waals surface area contributed by atoms with Gasteiger partial charge in [0.05, 0.1) is 0 Å². The molecule has 0 bridgehead atoms. The Kier molecular flexibility index (Phi) is 3.27. The van der Waals surface area contributed by atoms with Crippen molar-refractivity contribution in [2.24, 2.45) is 0 Å². The highest BCUT2D eigenvalue weighted by atomic mass is 79.9. The summed E-state index contributed by atoms with van der Waals surface area (Å²) in [4.78, 5) is -3.98. The first-order valence-electron chi connectivity index (χ1n) is 2.06. The normalized spacial score (nSPS) is 14.5. The molecule has 0 heterocycles. The zero-order valence-electron chi connectivity index (χ0n) is 4.42. The maximum absolute atomic E-state index is 11.7. The summed E-state index contributed by atoms with van der Waals surface area (Å²) in [6.45, 7) is 0. The van der Waals surface area contributed by atoms with Crippen LogP contribution in [0.15, 0.2) is 11.9 Å². The number of hydrogen-bond acceptors (Lipinski definition) is 0. The molecule has 6 heteroatoms. The van der Waals surface area contributed by atoms with Gasteiger partial charge < -0.3 is 0 Å². The van der Waals surface area contributed by atoms with Crippen LogP contribution in [0.2, 0.25) is 0 Å². The summed E-state index contributed by atoms with van der Waals surface area (Å²) in [5.74, 6) is -2.18. The molecule has 0 unspecified atom stereocenters. The van der Waals surface area contributed by atoms with Crippen LogP contribution in [0.5, 0.6) is 0 Å². The zero-order chi connectivity index (χ0) is 8.36. The first kappa shape index (κ1) is 9.87. The fraction of sp³-hybridized carbons (Fsp3) is 0.500. The maximum atomic E-state index is 11.7. The molecule has 0 amide bonds. The standard InChI is InChI=1S/C4H2BrF5/c5-4(9,10)2(6)1-3(7)8/h1,3H/b2-1-. The van der Waals surface area contributed by atoms with Crippen molar-refractivity contribution in [2.45, 2.75) is 11.3 Å². The quantitative estimate of drug-likeness (QED) is 0.500. The third kappa shape index (κ3) is 3.81. The van der Waals surface area contributed by atoms with Gasteiger partial charge in [-0.05, 0) is 15.9 Å². The van der Waals surface area contributed by atoms with Crippen LogP contribution in [0.3, 0.4) is 0 Å². The molecule has 0 saturated carbocycles. The first-order valence-corrected chi connectivity index (χ1v) is 2.86. The topological polar surface area (TPSA) is 0 Å². The molecule has 0 nitrogen and oxygen atoms in total. The molecule has 0 N–H and O–H groups in total. The first-order chi connectivity index (χ1) is 4.34. The predicted molar refractivity (Wildman–Crippen MR) is 29.1 cm³/mol. The summed E-state index contributed by atoms with van der Waals surface area (Å²) in [7, 11) is 0. The Bertz CT molecular complexity index is 135. The second-order valence-electron chi connectivity index (χ2n) is 1.35. The lowest BCUT2D eigenvalue weighted by atomic mass is 10.5. The van der Waals surface area contributed by atoms with E-state index in [2.05, 4.69) is 0 Å². The minimum Gasteiger partial charge on any atom is -0.206 e. The predicted octanol–water partition coefficient (Wildman–Crippen LogP) is 3.09. The lowest BCUT2D eigenvalue weighted by Crippen LogP contribution is -2.06. The molecule has 0 aliphatic carbocycles. The van der Waals surface area contributed by atoms with Gasteiger partial charge >= 0.3 is 4.83 Å². The average Bonchev–Trinajstić information content (AvgIpc) is 1.60. The Hall–Kier alpha value is -0.130. The fourth-order valence-electron chi connectivity index (χ4n) is 0.205. The molecular formula is C4H2BrF5. The van der Waals surface area contributed by atoms with Crippen LogP contribution in [0, 0.1) is 0 Å². The Morgan fingerprint density at radius 1 is 1.40 bits per heavy atom. The van der Waals surface area contributed by atoms with E-state index in [-0.39, 0.29) is 0 Å². The molecule has 10 heavy (non-hydrogen) atoms. The number of hydrogen-bond donors (Lipinski definition) is 0. The number of alkyl halides is 5.